The lowest BCUT2D eigenvalue weighted by Crippen LogP contribution is -2.33. The number of rotatable bonds is 4. The van der Waals surface area contributed by atoms with Crippen LogP contribution >= 0.6 is 11.5 Å². The number of nitrogens with one attached hydrogen (secondary N) is 1. The lowest BCUT2D eigenvalue weighted by atomic mass is 10.1. The average Bonchev–Trinajstić information content (AvgIpc) is 2.87. The van der Waals surface area contributed by atoms with Gasteiger partial charge in [-0.2, -0.15) is 4.37 Å². The van der Waals surface area contributed by atoms with E-state index in [1.165, 1.54) is 11.5 Å². The Hall–Kier alpha value is -1.21. The minimum Gasteiger partial charge on any atom is -0.481 e. The van der Waals surface area contributed by atoms with Crippen molar-refractivity contribution in [2.45, 2.75) is 19.4 Å². The highest BCUT2D eigenvalue weighted by Crippen LogP contribution is 2.20. The van der Waals surface area contributed by atoms with Crippen molar-refractivity contribution in [1.82, 2.24) is 9.36 Å². The summed E-state index contributed by atoms with van der Waals surface area (Å²) >= 11 is 1.25. The molecule has 2 heterocycles. The van der Waals surface area contributed by atoms with E-state index in [2.05, 4.69) is 14.7 Å². The van der Waals surface area contributed by atoms with Gasteiger partial charge in [0.1, 0.15) is 11.7 Å². The monoisotopic (exact) mass is 243 g/mol. The summed E-state index contributed by atoms with van der Waals surface area (Å²) in [6.07, 6.45) is 0.779. The van der Waals surface area contributed by atoms with Gasteiger partial charge < -0.3 is 15.2 Å². The Balaban J connectivity index is 2.00. The molecule has 0 aromatic carbocycles. The van der Waals surface area contributed by atoms with E-state index in [1.54, 1.807) is 0 Å². The first-order valence-corrected chi connectivity index (χ1v) is 5.87. The van der Waals surface area contributed by atoms with Crippen molar-refractivity contribution in [1.29, 1.82) is 0 Å². The fourth-order valence-electron chi connectivity index (χ4n) is 1.55. The second-order valence-electron chi connectivity index (χ2n) is 3.60. The zero-order valence-electron chi connectivity index (χ0n) is 8.84. The maximum absolute atomic E-state index is 10.9. The van der Waals surface area contributed by atoms with Crippen molar-refractivity contribution in [3.05, 3.63) is 5.82 Å². The van der Waals surface area contributed by atoms with Gasteiger partial charge in [0.15, 0.2) is 0 Å². The summed E-state index contributed by atoms with van der Waals surface area (Å²) < 4.78 is 9.28. The molecular weight excluding hydrogens is 230 g/mol. The van der Waals surface area contributed by atoms with Crippen LogP contribution in [0.15, 0.2) is 0 Å². The summed E-state index contributed by atoms with van der Waals surface area (Å²) in [4.78, 5) is 15.1. The van der Waals surface area contributed by atoms with Gasteiger partial charge in [-0.15, -0.1) is 0 Å². The van der Waals surface area contributed by atoms with E-state index in [4.69, 9.17) is 9.84 Å². The third-order valence-corrected chi connectivity index (χ3v) is 3.18. The highest BCUT2D eigenvalue weighted by Gasteiger charge is 2.34. The molecule has 2 rings (SSSR count). The molecule has 1 aliphatic rings. The molecule has 2 atom stereocenters. The largest absolute Gasteiger partial charge is 0.481 e. The van der Waals surface area contributed by atoms with Gasteiger partial charge in [0.05, 0.1) is 19.3 Å². The summed E-state index contributed by atoms with van der Waals surface area (Å²) in [5.74, 6) is -0.567. The van der Waals surface area contributed by atoms with Gasteiger partial charge in [-0.05, 0) is 0 Å². The number of aromatic nitrogens is 2. The van der Waals surface area contributed by atoms with Gasteiger partial charge in [-0.3, -0.25) is 4.79 Å². The summed E-state index contributed by atoms with van der Waals surface area (Å²) in [5.41, 5.74) is 0. The maximum Gasteiger partial charge on any atom is 0.311 e. The first kappa shape index (κ1) is 11.3. The number of hydrogen-bond donors (Lipinski definition) is 2. The number of carboxylic acids is 1. The standard InChI is InChI=1S/C9H13N3O3S/c1-2-7-11-9(16-12-7)10-6-4-15-3-5(6)8(13)14/h5-6H,2-4H2,1H3,(H,13,14)(H,10,11,12). The van der Waals surface area contributed by atoms with Crippen molar-refractivity contribution in [3.8, 4) is 0 Å². The van der Waals surface area contributed by atoms with Crippen LogP contribution in [0.2, 0.25) is 0 Å². The number of anilines is 1. The van der Waals surface area contributed by atoms with E-state index >= 15 is 0 Å². The SMILES string of the molecule is CCc1nsc(NC2COCC2C(=O)O)n1. The van der Waals surface area contributed by atoms with Crippen LogP contribution in [0.3, 0.4) is 0 Å². The van der Waals surface area contributed by atoms with Crippen LogP contribution in [-0.2, 0) is 16.0 Å². The molecule has 1 aromatic rings. The molecule has 0 amide bonds. The number of hydrogen-bond acceptors (Lipinski definition) is 6. The predicted molar refractivity (Wildman–Crippen MR) is 58.6 cm³/mol. The molecule has 2 N–H and O–H groups in total. The minimum atomic E-state index is -0.838. The van der Waals surface area contributed by atoms with E-state index in [9.17, 15) is 4.79 Å². The van der Waals surface area contributed by atoms with Crippen LogP contribution in [0.5, 0.6) is 0 Å². The predicted octanol–water partition coefficient (Wildman–Crippen LogP) is 0.612. The fourth-order valence-corrected chi connectivity index (χ4v) is 2.27. The van der Waals surface area contributed by atoms with Gasteiger partial charge in [-0.25, -0.2) is 4.98 Å². The Labute approximate surface area is 96.8 Å². The smallest absolute Gasteiger partial charge is 0.311 e. The number of ether oxygens (including phenoxy) is 1. The molecule has 16 heavy (non-hydrogen) atoms. The highest BCUT2D eigenvalue weighted by molar-refractivity contribution is 7.09. The quantitative estimate of drug-likeness (QED) is 0.806. The Bertz CT molecular complexity index is 382. The molecule has 0 saturated carbocycles. The molecule has 0 bridgehead atoms. The summed E-state index contributed by atoms with van der Waals surface area (Å²) in [5, 5.41) is 12.7. The molecule has 1 aromatic heterocycles. The van der Waals surface area contributed by atoms with Crippen molar-refractivity contribution in [3.63, 3.8) is 0 Å². The van der Waals surface area contributed by atoms with Gasteiger partial charge in [0, 0.05) is 18.0 Å². The first-order valence-electron chi connectivity index (χ1n) is 5.10. The van der Waals surface area contributed by atoms with Crippen LogP contribution in [0.1, 0.15) is 12.7 Å². The van der Waals surface area contributed by atoms with Gasteiger partial charge in [0.2, 0.25) is 5.13 Å². The van der Waals surface area contributed by atoms with Crippen LogP contribution in [0.25, 0.3) is 0 Å². The van der Waals surface area contributed by atoms with Crippen molar-refractivity contribution < 1.29 is 14.6 Å². The number of nitrogens with zero attached hydrogens (tertiary/aromatic N) is 2. The van der Waals surface area contributed by atoms with Crippen molar-refractivity contribution in [2.24, 2.45) is 5.92 Å². The van der Waals surface area contributed by atoms with E-state index in [1.807, 2.05) is 6.92 Å². The number of aliphatic carboxylic acids is 1. The molecule has 88 valence electrons. The molecular formula is C9H13N3O3S. The van der Waals surface area contributed by atoms with Crippen molar-refractivity contribution in [2.75, 3.05) is 18.5 Å². The first-order chi connectivity index (χ1) is 7.70. The molecule has 1 aliphatic heterocycles. The molecule has 7 heteroatoms. The lowest BCUT2D eigenvalue weighted by molar-refractivity contribution is -0.141. The van der Waals surface area contributed by atoms with E-state index < -0.39 is 11.9 Å². The van der Waals surface area contributed by atoms with Crippen LogP contribution in [-0.4, -0.2) is 39.7 Å². The Morgan fingerprint density at radius 2 is 2.50 bits per heavy atom. The molecule has 0 spiro atoms. The molecule has 1 fully saturated rings. The fraction of sp³-hybridized carbons (Fsp3) is 0.667. The highest BCUT2D eigenvalue weighted by atomic mass is 32.1. The molecule has 0 aliphatic carbocycles. The second kappa shape index (κ2) is 4.75. The average molecular weight is 243 g/mol. The third-order valence-electron chi connectivity index (χ3n) is 2.49. The normalized spacial score (nSPS) is 24.6. The molecule has 2 unspecified atom stereocenters. The van der Waals surface area contributed by atoms with Crippen LogP contribution in [0.4, 0.5) is 5.13 Å². The molecule has 6 nitrogen and oxygen atoms in total. The molecule has 1 saturated heterocycles. The third kappa shape index (κ3) is 2.30. The Kier molecular flexibility index (Phi) is 3.35. The van der Waals surface area contributed by atoms with E-state index in [-0.39, 0.29) is 12.6 Å². The number of carbonyl (C=O) groups is 1. The van der Waals surface area contributed by atoms with E-state index in [0.717, 1.165) is 12.2 Å². The summed E-state index contributed by atoms with van der Waals surface area (Å²) in [6, 6.07) is -0.213. The van der Waals surface area contributed by atoms with Crippen LogP contribution in [0, 0.1) is 5.92 Å². The van der Waals surface area contributed by atoms with Crippen molar-refractivity contribution >= 4 is 22.6 Å². The molecule has 0 radical (unpaired) electrons. The van der Waals surface area contributed by atoms with Gasteiger partial charge in [-0.1, -0.05) is 6.92 Å². The van der Waals surface area contributed by atoms with Gasteiger partial charge >= 0.3 is 5.97 Å². The summed E-state index contributed by atoms with van der Waals surface area (Å²) in [6.45, 7) is 2.63. The Morgan fingerprint density at radius 3 is 3.12 bits per heavy atom. The second-order valence-corrected chi connectivity index (χ2v) is 4.35. The zero-order valence-corrected chi connectivity index (χ0v) is 9.66. The van der Waals surface area contributed by atoms with Gasteiger partial charge in [0.25, 0.3) is 0 Å². The van der Waals surface area contributed by atoms with E-state index in [0.29, 0.717) is 11.7 Å². The van der Waals surface area contributed by atoms with Crippen LogP contribution < -0.4 is 5.32 Å². The maximum atomic E-state index is 10.9. The summed E-state index contributed by atoms with van der Waals surface area (Å²) in [7, 11) is 0. The lowest BCUT2D eigenvalue weighted by Gasteiger charge is -2.13. The minimum absolute atomic E-state index is 0.213. The zero-order chi connectivity index (χ0) is 11.5. The topological polar surface area (TPSA) is 84.3 Å². The Morgan fingerprint density at radius 1 is 1.69 bits per heavy atom. The number of aryl methyl sites for hydroxylation is 1. The number of carboxylic acid groups (broad SMARTS) is 1.